The zero-order chi connectivity index (χ0) is 28.1. The maximum atomic E-state index is 14.1. The molecule has 0 spiro atoms. The molecule has 0 aromatic heterocycles. The normalized spacial score (nSPS) is 20.1. The lowest BCUT2D eigenvalue weighted by molar-refractivity contribution is -0.189. The Hall–Kier alpha value is -4.61. The van der Waals surface area contributed by atoms with Crippen LogP contribution in [0.3, 0.4) is 0 Å². The highest BCUT2D eigenvalue weighted by atomic mass is 16.2. The highest BCUT2D eigenvalue weighted by Crippen LogP contribution is 2.35. The number of amides is 4. The Labute approximate surface area is 235 Å². The van der Waals surface area contributed by atoms with E-state index in [-0.39, 0.29) is 43.4 Å². The number of urea groups is 1. The zero-order valence-electron chi connectivity index (χ0n) is 22.5. The number of carbonyl (C=O) groups is 3. The van der Waals surface area contributed by atoms with Crippen molar-refractivity contribution >= 4 is 17.8 Å². The molecule has 8 heteroatoms. The maximum absolute atomic E-state index is 14.1. The van der Waals surface area contributed by atoms with E-state index in [9.17, 15) is 14.4 Å². The third kappa shape index (κ3) is 5.56. The van der Waals surface area contributed by atoms with Crippen LogP contribution in [0.2, 0.25) is 0 Å². The molecule has 4 amide bonds. The summed E-state index contributed by atoms with van der Waals surface area (Å²) in [6, 6.07) is 27.7. The van der Waals surface area contributed by atoms with Crippen LogP contribution in [-0.4, -0.2) is 70.0 Å². The largest absolute Gasteiger partial charge is 0.336 e. The van der Waals surface area contributed by atoms with E-state index in [0.29, 0.717) is 18.7 Å². The van der Waals surface area contributed by atoms with Gasteiger partial charge in [0.1, 0.15) is 12.2 Å². The monoisotopic (exact) mass is 535 g/mol. The zero-order valence-corrected chi connectivity index (χ0v) is 22.5. The standard InChI is InChI=1S/C32H33N5O3/c1-3-19-35-23-29(38)36-28(37(35)32(40)33-20-25-13-7-4-8-14-25)22-34(21-24(2)26-15-9-5-10-16-26)31(39)30(36)27-17-11-6-12-18-27/h1,4-18,24,28,30H,19-23H2,2H3,(H,33,40)/t24?,28-,30-/m0/s1. The van der Waals surface area contributed by atoms with E-state index in [1.807, 2.05) is 91.0 Å². The van der Waals surface area contributed by atoms with E-state index in [2.05, 4.69) is 18.2 Å². The fraction of sp³-hybridized carbons (Fsp3) is 0.281. The van der Waals surface area contributed by atoms with Gasteiger partial charge in [-0.1, -0.05) is 104 Å². The highest BCUT2D eigenvalue weighted by Gasteiger charge is 2.51. The fourth-order valence-electron chi connectivity index (χ4n) is 5.52. The quantitative estimate of drug-likeness (QED) is 0.469. The number of nitrogens with one attached hydrogen (secondary N) is 1. The van der Waals surface area contributed by atoms with E-state index in [4.69, 9.17) is 6.42 Å². The lowest BCUT2D eigenvalue weighted by Crippen LogP contribution is -2.74. The fourth-order valence-corrected chi connectivity index (χ4v) is 5.52. The first-order valence-corrected chi connectivity index (χ1v) is 13.5. The molecule has 2 fully saturated rings. The molecule has 0 saturated carbocycles. The Kier molecular flexibility index (Phi) is 8.13. The second-order valence-electron chi connectivity index (χ2n) is 10.2. The van der Waals surface area contributed by atoms with Crippen LogP contribution >= 0.6 is 0 Å². The van der Waals surface area contributed by atoms with E-state index < -0.39 is 12.2 Å². The van der Waals surface area contributed by atoms with Crippen LogP contribution in [0.15, 0.2) is 91.0 Å². The lowest BCUT2D eigenvalue weighted by atomic mass is 9.96. The third-order valence-electron chi connectivity index (χ3n) is 7.47. The first-order chi connectivity index (χ1) is 19.5. The molecule has 40 heavy (non-hydrogen) atoms. The van der Waals surface area contributed by atoms with Crippen molar-refractivity contribution in [1.82, 2.24) is 25.1 Å². The number of rotatable bonds is 7. The molecule has 3 aromatic rings. The minimum absolute atomic E-state index is 0.0505. The van der Waals surface area contributed by atoms with E-state index in [0.717, 1.165) is 11.1 Å². The number of piperazine rings is 1. The predicted molar refractivity (Wildman–Crippen MR) is 152 cm³/mol. The van der Waals surface area contributed by atoms with Crippen molar-refractivity contribution in [1.29, 1.82) is 0 Å². The molecule has 3 aromatic carbocycles. The van der Waals surface area contributed by atoms with Crippen LogP contribution in [0.5, 0.6) is 0 Å². The molecule has 1 N–H and O–H groups in total. The molecule has 3 atom stereocenters. The van der Waals surface area contributed by atoms with Gasteiger partial charge in [-0.2, -0.15) is 5.01 Å². The van der Waals surface area contributed by atoms with Crippen LogP contribution in [0, 0.1) is 12.3 Å². The summed E-state index contributed by atoms with van der Waals surface area (Å²) in [7, 11) is 0. The number of hydrogen-bond donors (Lipinski definition) is 1. The first kappa shape index (κ1) is 27.0. The number of fused-ring (bicyclic) bond motifs is 1. The molecular weight excluding hydrogens is 502 g/mol. The van der Waals surface area contributed by atoms with Gasteiger partial charge in [-0.15, -0.1) is 6.42 Å². The van der Waals surface area contributed by atoms with Gasteiger partial charge in [-0.3, -0.25) is 9.59 Å². The average molecular weight is 536 g/mol. The second-order valence-corrected chi connectivity index (χ2v) is 10.2. The van der Waals surface area contributed by atoms with Crippen molar-refractivity contribution < 1.29 is 14.4 Å². The van der Waals surface area contributed by atoms with Gasteiger partial charge in [0.2, 0.25) is 11.8 Å². The number of hydrazine groups is 1. The average Bonchev–Trinajstić information content (AvgIpc) is 2.98. The number of terminal acetylenes is 1. The van der Waals surface area contributed by atoms with Gasteiger partial charge in [0.25, 0.3) is 0 Å². The minimum atomic E-state index is -0.854. The lowest BCUT2D eigenvalue weighted by Gasteiger charge is -2.55. The first-order valence-electron chi connectivity index (χ1n) is 13.5. The van der Waals surface area contributed by atoms with Gasteiger partial charge < -0.3 is 15.1 Å². The van der Waals surface area contributed by atoms with Crippen molar-refractivity contribution in [3.63, 3.8) is 0 Å². The van der Waals surface area contributed by atoms with Gasteiger partial charge in [0.05, 0.1) is 19.6 Å². The summed E-state index contributed by atoms with van der Waals surface area (Å²) in [6.07, 6.45) is 4.93. The van der Waals surface area contributed by atoms with Crippen molar-refractivity contribution in [3.05, 3.63) is 108 Å². The number of benzene rings is 3. The topological polar surface area (TPSA) is 76.2 Å². The summed E-state index contributed by atoms with van der Waals surface area (Å²) >= 11 is 0. The Bertz CT molecular complexity index is 1380. The van der Waals surface area contributed by atoms with Crippen LogP contribution in [0.1, 0.15) is 35.6 Å². The molecule has 0 aliphatic carbocycles. The molecule has 2 aliphatic rings. The predicted octanol–water partition coefficient (Wildman–Crippen LogP) is 3.60. The highest BCUT2D eigenvalue weighted by molar-refractivity contribution is 5.92. The van der Waals surface area contributed by atoms with Gasteiger partial charge in [-0.25, -0.2) is 9.80 Å². The molecule has 204 valence electrons. The molecule has 5 rings (SSSR count). The Balaban J connectivity index is 1.50. The third-order valence-corrected chi connectivity index (χ3v) is 7.47. The molecular formula is C32H33N5O3. The minimum Gasteiger partial charge on any atom is -0.336 e. The van der Waals surface area contributed by atoms with Gasteiger partial charge in [0.15, 0.2) is 0 Å². The second kappa shape index (κ2) is 12.1. The maximum Gasteiger partial charge on any atom is 0.334 e. The van der Waals surface area contributed by atoms with E-state index in [1.165, 1.54) is 5.01 Å². The van der Waals surface area contributed by atoms with Crippen LogP contribution in [0.4, 0.5) is 4.79 Å². The molecule has 8 nitrogen and oxygen atoms in total. The summed E-state index contributed by atoms with van der Waals surface area (Å²) in [5, 5.41) is 6.12. The molecule has 2 aliphatic heterocycles. The summed E-state index contributed by atoms with van der Waals surface area (Å²) in [4.78, 5) is 44.8. The summed E-state index contributed by atoms with van der Waals surface area (Å²) in [5.74, 6) is 2.23. The van der Waals surface area contributed by atoms with E-state index in [1.54, 1.807) is 14.8 Å². The smallest absolute Gasteiger partial charge is 0.334 e. The SMILES string of the molecule is C#CCN1CC(=O)N2[C@@H](c3ccccc3)C(=O)N(CC(C)c3ccccc3)C[C@@H]2N1C(=O)NCc1ccccc1. The Morgan fingerprint density at radius 3 is 2.25 bits per heavy atom. The number of hydrogen-bond acceptors (Lipinski definition) is 4. The van der Waals surface area contributed by atoms with Crippen molar-refractivity contribution in [2.45, 2.75) is 31.6 Å². The Morgan fingerprint density at radius 1 is 0.975 bits per heavy atom. The Morgan fingerprint density at radius 2 is 1.60 bits per heavy atom. The summed E-state index contributed by atoms with van der Waals surface area (Å²) in [5.41, 5.74) is 2.77. The van der Waals surface area contributed by atoms with Crippen molar-refractivity contribution in [2.24, 2.45) is 0 Å². The summed E-state index contributed by atoms with van der Waals surface area (Å²) in [6.45, 7) is 2.99. The van der Waals surface area contributed by atoms with Gasteiger partial charge >= 0.3 is 6.03 Å². The molecule has 0 bridgehead atoms. The van der Waals surface area contributed by atoms with Crippen LogP contribution in [-0.2, 0) is 16.1 Å². The van der Waals surface area contributed by atoms with Crippen molar-refractivity contribution in [3.8, 4) is 12.3 Å². The van der Waals surface area contributed by atoms with Crippen LogP contribution in [0.25, 0.3) is 0 Å². The molecule has 2 saturated heterocycles. The molecule has 1 unspecified atom stereocenters. The van der Waals surface area contributed by atoms with Gasteiger partial charge in [-0.05, 0) is 22.6 Å². The summed E-state index contributed by atoms with van der Waals surface area (Å²) < 4.78 is 0. The van der Waals surface area contributed by atoms with Gasteiger partial charge in [0, 0.05) is 13.1 Å². The van der Waals surface area contributed by atoms with Crippen molar-refractivity contribution in [2.75, 3.05) is 26.2 Å². The molecule has 0 radical (unpaired) electrons. The van der Waals surface area contributed by atoms with Crippen LogP contribution < -0.4 is 5.32 Å². The molecule has 2 heterocycles. The van der Waals surface area contributed by atoms with E-state index >= 15 is 0 Å². The number of nitrogens with zero attached hydrogens (tertiary/aromatic N) is 4. The number of carbonyl (C=O) groups excluding carboxylic acids is 3.